The predicted octanol–water partition coefficient (Wildman–Crippen LogP) is 6.52. The first-order valence-electron chi connectivity index (χ1n) is 10.7. The number of nitrogens with zero attached hydrogens (tertiary/aromatic N) is 1. The van der Waals surface area contributed by atoms with E-state index >= 15 is 0 Å². The van der Waals surface area contributed by atoms with Crippen LogP contribution in [0.15, 0.2) is 102 Å². The van der Waals surface area contributed by atoms with E-state index in [1.165, 1.54) is 5.39 Å². The zero-order valence-corrected chi connectivity index (χ0v) is 17.7. The highest BCUT2D eigenvalue weighted by Crippen LogP contribution is 2.35. The molecule has 3 heteroatoms. The Bertz CT molecular complexity index is 1700. The van der Waals surface area contributed by atoms with Crippen molar-refractivity contribution in [3.63, 3.8) is 0 Å². The number of rotatable bonds is 3. The van der Waals surface area contributed by atoms with Gasteiger partial charge in [-0.1, -0.05) is 72.8 Å². The quantitative estimate of drug-likeness (QED) is 0.308. The van der Waals surface area contributed by atoms with Crippen molar-refractivity contribution in [3.05, 3.63) is 113 Å². The van der Waals surface area contributed by atoms with E-state index in [0.29, 0.717) is 6.54 Å². The van der Waals surface area contributed by atoms with E-state index in [0.717, 1.165) is 49.1 Å². The van der Waals surface area contributed by atoms with Crippen molar-refractivity contribution in [1.82, 2.24) is 4.57 Å². The van der Waals surface area contributed by atoms with E-state index in [1.54, 1.807) is 7.11 Å². The summed E-state index contributed by atoms with van der Waals surface area (Å²) in [5, 5.41) is 7.50. The second-order valence-corrected chi connectivity index (χ2v) is 8.13. The molecule has 154 valence electrons. The maximum Gasteiger partial charge on any atom is 0.259 e. The van der Waals surface area contributed by atoms with Crippen LogP contribution in [0.4, 0.5) is 0 Å². The molecular formula is C29H21NO2. The first-order chi connectivity index (χ1) is 15.7. The van der Waals surface area contributed by atoms with Crippen molar-refractivity contribution in [3.8, 4) is 5.75 Å². The van der Waals surface area contributed by atoms with Crippen molar-refractivity contribution in [2.75, 3.05) is 7.11 Å². The molecule has 0 saturated carbocycles. The highest BCUT2D eigenvalue weighted by molar-refractivity contribution is 6.26. The summed E-state index contributed by atoms with van der Waals surface area (Å²) in [6.45, 7) is 0.500. The molecule has 6 aromatic rings. The van der Waals surface area contributed by atoms with Crippen LogP contribution < -0.4 is 10.3 Å². The fourth-order valence-electron chi connectivity index (χ4n) is 4.79. The van der Waals surface area contributed by atoms with Gasteiger partial charge < -0.3 is 9.30 Å². The standard InChI is InChI=1S/C29H21NO2/c1-32-22-14-10-19(11-15-22)18-30-26-17-13-21-7-3-5-9-24(21)28(26)27-23-8-4-2-6-20(23)12-16-25(27)29(30)31/h2-17H,18H2,1H3. The van der Waals surface area contributed by atoms with Crippen LogP contribution in [0.3, 0.4) is 0 Å². The molecule has 0 unspecified atom stereocenters. The van der Waals surface area contributed by atoms with Crippen LogP contribution in [0.1, 0.15) is 5.56 Å². The maximum atomic E-state index is 13.8. The molecule has 0 saturated heterocycles. The largest absolute Gasteiger partial charge is 0.497 e. The van der Waals surface area contributed by atoms with E-state index in [1.807, 2.05) is 53.1 Å². The minimum Gasteiger partial charge on any atom is -0.497 e. The van der Waals surface area contributed by atoms with E-state index in [2.05, 4.69) is 48.5 Å². The smallest absolute Gasteiger partial charge is 0.259 e. The van der Waals surface area contributed by atoms with Gasteiger partial charge in [0.05, 0.1) is 19.2 Å². The van der Waals surface area contributed by atoms with Crippen LogP contribution >= 0.6 is 0 Å². The maximum absolute atomic E-state index is 13.8. The highest BCUT2D eigenvalue weighted by atomic mass is 16.5. The molecule has 32 heavy (non-hydrogen) atoms. The number of methoxy groups -OCH3 is 1. The average molecular weight is 415 g/mol. The van der Waals surface area contributed by atoms with Crippen LogP contribution in [-0.4, -0.2) is 11.7 Å². The van der Waals surface area contributed by atoms with E-state index in [4.69, 9.17) is 4.74 Å². The molecule has 0 N–H and O–H groups in total. The van der Waals surface area contributed by atoms with Crippen LogP contribution in [0.25, 0.3) is 43.2 Å². The number of ether oxygens (including phenoxy) is 1. The zero-order valence-electron chi connectivity index (χ0n) is 17.7. The van der Waals surface area contributed by atoms with Gasteiger partial charge in [0, 0.05) is 16.2 Å². The third-order valence-corrected chi connectivity index (χ3v) is 6.35. The molecule has 0 atom stereocenters. The minimum atomic E-state index is 0.0318. The Kier molecular flexibility index (Phi) is 4.22. The Morgan fingerprint density at radius 1 is 0.656 bits per heavy atom. The molecular weight excluding hydrogens is 394 g/mol. The Morgan fingerprint density at radius 3 is 1.97 bits per heavy atom. The summed E-state index contributed by atoms with van der Waals surface area (Å²) < 4.78 is 7.20. The molecule has 3 nitrogen and oxygen atoms in total. The molecule has 0 fully saturated rings. The molecule has 0 aliphatic carbocycles. The van der Waals surface area contributed by atoms with Crippen molar-refractivity contribution < 1.29 is 4.74 Å². The van der Waals surface area contributed by atoms with Crippen molar-refractivity contribution in [2.45, 2.75) is 6.54 Å². The molecule has 0 spiro atoms. The van der Waals surface area contributed by atoms with Crippen LogP contribution in [0.2, 0.25) is 0 Å². The average Bonchev–Trinajstić information content (AvgIpc) is 2.86. The van der Waals surface area contributed by atoms with Gasteiger partial charge in [-0.3, -0.25) is 4.79 Å². The lowest BCUT2D eigenvalue weighted by Gasteiger charge is -2.17. The monoisotopic (exact) mass is 415 g/mol. The Hall–Kier alpha value is -4.11. The summed E-state index contributed by atoms with van der Waals surface area (Å²) in [5.74, 6) is 0.807. The van der Waals surface area contributed by atoms with Gasteiger partial charge in [-0.05, 0) is 51.4 Å². The molecule has 1 aromatic heterocycles. The Balaban J connectivity index is 1.77. The lowest BCUT2D eigenvalue weighted by atomic mass is 9.95. The number of hydrogen-bond acceptors (Lipinski definition) is 2. The first-order valence-corrected chi connectivity index (χ1v) is 10.7. The summed E-state index contributed by atoms with van der Waals surface area (Å²) in [6, 6.07) is 32.8. The van der Waals surface area contributed by atoms with Crippen LogP contribution in [-0.2, 0) is 6.54 Å². The van der Waals surface area contributed by atoms with Crippen molar-refractivity contribution in [2.24, 2.45) is 0 Å². The topological polar surface area (TPSA) is 31.2 Å². The van der Waals surface area contributed by atoms with Gasteiger partial charge in [-0.2, -0.15) is 0 Å². The molecule has 5 aromatic carbocycles. The van der Waals surface area contributed by atoms with Gasteiger partial charge in [0.25, 0.3) is 5.56 Å². The van der Waals surface area contributed by atoms with E-state index in [-0.39, 0.29) is 5.56 Å². The first kappa shape index (κ1) is 18.6. The number of fused-ring (bicyclic) bond motifs is 7. The SMILES string of the molecule is COc1ccc(Cn2c(=O)c3ccc4ccccc4c3c3c4ccccc4ccc32)cc1. The summed E-state index contributed by atoms with van der Waals surface area (Å²) >= 11 is 0. The lowest BCUT2D eigenvalue weighted by molar-refractivity contribution is 0.414. The lowest BCUT2D eigenvalue weighted by Crippen LogP contribution is -2.21. The van der Waals surface area contributed by atoms with Gasteiger partial charge in [0.2, 0.25) is 0 Å². The van der Waals surface area contributed by atoms with Gasteiger partial charge in [-0.15, -0.1) is 0 Å². The predicted molar refractivity (Wildman–Crippen MR) is 133 cm³/mol. The summed E-state index contributed by atoms with van der Waals surface area (Å²) in [6.07, 6.45) is 0. The molecule has 0 amide bonds. The Morgan fingerprint density at radius 2 is 1.28 bits per heavy atom. The summed E-state index contributed by atoms with van der Waals surface area (Å²) in [5.41, 5.74) is 2.04. The van der Waals surface area contributed by atoms with Gasteiger partial charge in [0.1, 0.15) is 5.75 Å². The fourth-order valence-corrected chi connectivity index (χ4v) is 4.79. The van der Waals surface area contributed by atoms with Crippen molar-refractivity contribution in [1.29, 1.82) is 0 Å². The zero-order chi connectivity index (χ0) is 21.7. The normalized spacial score (nSPS) is 11.5. The summed E-state index contributed by atoms with van der Waals surface area (Å²) in [4.78, 5) is 13.8. The second kappa shape index (κ2) is 7.24. The third-order valence-electron chi connectivity index (χ3n) is 6.35. The molecule has 0 bridgehead atoms. The van der Waals surface area contributed by atoms with E-state index in [9.17, 15) is 4.79 Å². The van der Waals surface area contributed by atoms with Gasteiger partial charge in [0.15, 0.2) is 0 Å². The van der Waals surface area contributed by atoms with E-state index < -0.39 is 0 Å². The molecule has 0 aliphatic rings. The second-order valence-electron chi connectivity index (χ2n) is 8.13. The fraction of sp³-hybridized carbons (Fsp3) is 0.0690. The van der Waals surface area contributed by atoms with Gasteiger partial charge in [-0.25, -0.2) is 0 Å². The summed E-state index contributed by atoms with van der Waals surface area (Å²) in [7, 11) is 1.66. The van der Waals surface area contributed by atoms with Crippen LogP contribution in [0, 0.1) is 0 Å². The molecule has 1 heterocycles. The number of pyridine rings is 1. The number of hydrogen-bond donors (Lipinski definition) is 0. The number of benzene rings is 5. The molecule has 6 rings (SSSR count). The Labute approximate surface area is 185 Å². The molecule has 0 radical (unpaired) electrons. The van der Waals surface area contributed by atoms with Gasteiger partial charge >= 0.3 is 0 Å². The van der Waals surface area contributed by atoms with Crippen LogP contribution in [0.5, 0.6) is 5.75 Å². The third kappa shape index (κ3) is 2.78. The molecule has 0 aliphatic heterocycles. The van der Waals surface area contributed by atoms with Crippen molar-refractivity contribution >= 4 is 43.2 Å². The minimum absolute atomic E-state index is 0.0318. The highest BCUT2D eigenvalue weighted by Gasteiger charge is 2.16. The number of aromatic nitrogens is 1.